The first-order valence-corrected chi connectivity index (χ1v) is 10.5. The van der Waals surface area contributed by atoms with Crippen molar-refractivity contribution in [1.82, 2.24) is 10.3 Å². The third-order valence-electron chi connectivity index (χ3n) is 4.99. The monoisotopic (exact) mass is 477 g/mol. The number of nitrogens with zero attached hydrogens (tertiary/aromatic N) is 2. The highest BCUT2D eigenvalue weighted by atomic mass is 16.5. The Bertz CT molecular complexity index is 1500. The standard InChI is InChI=1S/C27H25N3O5/c1-27(2,33)13-11-18-9-10-24-23(15-18)30(3)26(32)22(17-34-24)29-25(31)21-16-20(12-14-28-21)35-19-7-5-4-6-8-19/h4-10,12,14-16,22,33H,17H2,1-3H3,(H,29,31)/i1D3,2D3. The summed E-state index contributed by atoms with van der Waals surface area (Å²) in [5, 5.41) is 13.0. The lowest BCUT2D eigenvalue weighted by Gasteiger charge is -2.20. The minimum atomic E-state index is -3.31. The zero-order valence-corrected chi connectivity index (χ0v) is 18.6. The number of carbonyl (C=O) groups excluding carboxylic acids is 2. The molecule has 8 nitrogen and oxygen atoms in total. The van der Waals surface area contributed by atoms with Crippen molar-refractivity contribution in [2.75, 3.05) is 18.6 Å². The molecule has 0 spiro atoms. The van der Waals surface area contributed by atoms with Gasteiger partial charge in [0.05, 0.1) is 5.69 Å². The maximum atomic E-state index is 13.2. The normalized spacial score (nSPS) is 18.4. The van der Waals surface area contributed by atoms with Crippen molar-refractivity contribution in [3.8, 4) is 29.1 Å². The summed E-state index contributed by atoms with van der Waals surface area (Å²) in [5.41, 5.74) is -2.89. The van der Waals surface area contributed by atoms with Crippen LogP contribution in [0.3, 0.4) is 0 Å². The zero-order chi connectivity index (χ0) is 30.0. The van der Waals surface area contributed by atoms with Crippen LogP contribution in [-0.2, 0) is 4.79 Å². The molecule has 35 heavy (non-hydrogen) atoms. The maximum absolute atomic E-state index is 13.2. The number of aliphatic hydroxyl groups is 1. The van der Waals surface area contributed by atoms with E-state index in [1.54, 1.807) is 30.3 Å². The number of nitrogens with one attached hydrogen (secondary N) is 1. The first kappa shape index (κ1) is 17.1. The molecule has 1 aliphatic rings. The number of hydrogen-bond acceptors (Lipinski definition) is 6. The largest absolute Gasteiger partial charge is 0.489 e. The van der Waals surface area contributed by atoms with Crippen LogP contribution in [0.1, 0.15) is 38.0 Å². The molecule has 0 saturated carbocycles. The van der Waals surface area contributed by atoms with Gasteiger partial charge in [-0.1, -0.05) is 30.0 Å². The van der Waals surface area contributed by atoms with Gasteiger partial charge in [0.1, 0.15) is 41.2 Å². The Balaban J connectivity index is 1.52. The molecule has 0 fully saturated rings. The summed E-state index contributed by atoms with van der Waals surface area (Å²) in [4.78, 5) is 31.5. The quantitative estimate of drug-likeness (QED) is 0.560. The number of anilines is 1. The topological polar surface area (TPSA) is 101 Å². The Kier molecular flexibility index (Phi) is 4.83. The third-order valence-corrected chi connectivity index (χ3v) is 4.99. The van der Waals surface area contributed by atoms with Crippen LogP contribution in [0.15, 0.2) is 66.9 Å². The van der Waals surface area contributed by atoms with Gasteiger partial charge < -0.3 is 24.8 Å². The first-order chi connectivity index (χ1) is 19.2. The van der Waals surface area contributed by atoms with Crippen LogP contribution < -0.4 is 19.7 Å². The molecule has 1 aromatic heterocycles. The van der Waals surface area contributed by atoms with Crippen molar-refractivity contribution >= 4 is 17.5 Å². The van der Waals surface area contributed by atoms with Crippen molar-refractivity contribution in [2.24, 2.45) is 0 Å². The van der Waals surface area contributed by atoms with E-state index in [4.69, 9.17) is 17.7 Å². The number of fused-ring (bicyclic) bond motifs is 1. The lowest BCUT2D eigenvalue weighted by atomic mass is 10.1. The van der Waals surface area contributed by atoms with Gasteiger partial charge in [0.2, 0.25) is 0 Å². The second kappa shape index (κ2) is 9.87. The predicted molar refractivity (Wildman–Crippen MR) is 131 cm³/mol. The van der Waals surface area contributed by atoms with Gasteiger partial charge in [-0.3, -0.25) is 14.6 Å². The molecule has 1 atom stereocenters. The molecule has 2 aromatic carbocycles. The van der Waals surface area contributed by atoms with Crippen molar-refractivity contribution in [3.05, 3.63) is 78.1 Å². The van der Waals surface area contributed by atoms with Crippen molar-refractivity contribution < 1.29 is 32.4 Å². The van der Waals surface area contributed by atoms with Crippen LogP contribution in [-0.4, -0.2) is 47.2 Å². The van der Waals surface area contributed by atoms with Crippen LogP contribution >= 0.6 is 0 Å². The Morgan fingerprint density at radius 3 is 2.80 bits per heavy atom. The van der Waals surface area contributed by atoms with Crippen LogP contribution in [0, 0.1) is 11.8 Å². The number of hydrogen-bond donors (Lipinski definition) is 2. The summed E-state index contributed by atoms with van der Waals surface area (Å²) in [6.45, 7) is -6.81. The molecular formula is C27H25N3O5. The third kappa shape index (κ3) is 5.96. The van der Waals surface area contributed by atoms with E-state index in [-0.39, 0.29) is 29.3 Å². The number of rotatable bonds is 4. The van der Waals surface area contributed by atoms with Gasteiger partial charge in [-0.25, -0.2) is 0 Å². The van der Waals surface area contributed by atoms with Gasteiger partial charge >= 0.3 is 0 Å². The lowest BCUT2D eigenvalue weighted by molar-refractivity contribution is -0.120. The lowest BCUT2D eigenvalue weighted by Crippen LogP contribution is -2.49. The van der Waals surface area contributed by atoms with E-state index in [2.05, 4.69) is 16.2 Å². The van der Waals surface area contributed by atoms with Gasteiger partial charge in [-0.2, -0.15) is 0 Å². The van der Waals surface area contributed by atoms with Gasteiger partial charge in [-0.05, 0) is 50.1 Å². The van der Waals surface area contributed by atoms with Crippen LogP contribution in [0.25, 0.3) is 0 Å². The summed E-state index contributed by atoms with van der Waals surface area (Å²) in [6, 6.07) is 15.2. The molecule has 0 aliphatic carbocycles. The van der Waals surface area contributed by atoms with Crippen LogP contribution in [0.5, 0.6) is 17.2 Å². The van der Waals surface area contributed by atoms with E-state index in [1.165, 1.54) is 42.4 Å². The average molecular weight is 478 g/mol. The molecule has 0 radical (unpaired) electrons. The molecule has 8 heteroatoms. The van der Waals surface area contributed by atoms with E-state index >= 15 is 0 Å². The van der Waals surface area contributed by atoms with Gasteiger partial charge in [0, 0.05) is 33.1 Å². The number of amides is 2. The van der Waals surface area contributed by atoms with Gasteiger partial charge in [-0.15, -0.1) is 0 Å². The maximum Gasteiger partial charge on any atom is 0.270 e. The second-order valence-electron chi connectivity index (χ2n) is 7.67. The fourth-order valence-corrected chi connectivity index (χ4v) is 3.30. The summed E-state index contributed by atoms with van der Waals surface area (Å²) >= 11 is 0. The van der Waals surface area contributed by atoms with Crippen LogP contribution in [0.2, 0.25) is 0 Å². The van der Waals surface area contributed by atoms with E-state index in [1.807, 2.05) is 12.0 Å². The van der Waals surface area contributed by atoms with Gasteiger partial charge in [0.15, 0.2) is 0 Å². The molecule has 1 unspecified atom stereocenters. The fraction of sp³-hybridized carbons (Fsp3) is 0.222. The molecule has 3 aromatic rings. The minimum absolute atomic E-state index is 0.0178. The Morgan fingerprint density at radius 2 is 2.03 bits per heavy atom. The average Bonchev–Trinajstić information content (AvgIpc) is 3.03. The Morgan fingerprint density at radius 1 is 1.23 bits per heavy atom. The highest BCUT2D eigenvalue weighted by Crippen LogP contribution is 2.31. The smallest absolute Gasteiger partial charge is 0.270 e. The van der Waals surface area contributed by atoms with Crippen molar-refractivity contribution in [1.29, 1.82) is 0 Å². The Hall–Kier alpha value is -4.35. The molecule has 2 heterocycles. The number of carbonyl (C=O) groups is 2. The summed E-state index contributed by atoms with van der Waals surface area (Å²) in [7, 11) is 1.44. The predicted octanol–water partition coefficient (Wildman–Crippen LogP) is 3.15. The first-order valence-electron chi connectivity index (χ1n) is 13.5. The number of likely N-dealkylation sites (N-methyl/N-ethyl adjacent to an activating group) is 1. The highest BCUT2D eigenvalue weighted by Gasteiger charge is 2.31. The molecule has 2 amide bonds. The summed E-state index contributed by atoms with van der Waals surface area (Å²) < 4.78 is 56.2. The molecule has 4 rings (SSSR count). The molecule has 178 valence electrons. The van der Waals surface area contributed by atoms with E-state index in [9.17, 15) is 14.7 Å². The Labute approximate surface area is 211 Å². The van der Waals surface area contributed by atoms with Crippen LogP contribution in [0.4, 0.5) is 5.69 Å². The fourth-order valence-electron chi connectivity index (χ4n) is 3.30. The molecule has 0 saturated heterocycles. The van der Waals surface area contributed by atoms with E-state index in [0.29, 0.717) is 11.5 Å². The van der Waals surface area contributed by atoms with Gasteiger partial charge in [0.25, 0.3) is 11.8 Å². The SMILES string of the molecule is [2H]C([2H])([2H])C(O)(C#Cc1ccc2c(c1)N(C)C(=O)C(NC(=O)c1cc(Oc3ccccc3)ccn1)CO2)C([2H])([2H])[2H]. The number of benzene rings is 2. The van der Waals surface area contributed by atoms with E-state index in [0.717, 1.165) is 0 Å². The number of ether oxygens (including phenoxy) is 2. The number of para-hydroxylation sites is 1. The zero-order valence-electron chi connectivity index (χ0n) is 24.6. The highest BCUT2D eigenvalue weighted by molar-refractivity contribution is 6.03. The molecule has 1 aliphatic heterocycles. The number of pyridine rings is 1. The van der Waals surface area contributed by atoms with Crippen molar-refractivity contribution in [2.45, 2.75) is 25.3 Å². The summed E-state index contributed by atoms with van der Waals surface area (Å²) in [5.74, 6) is 4.42. The number of aromatic nitrogens is 1. The minimum Gasteiger partial charge on any atom is -0.489 e. The van der Waals surface area contributed by atoms with Crippen molar-refractivity contribution in [3.63, 3.8) is 0 Å². The van der Waals surface area contributed by atoms with E-state index < -0.39 is 37.2 Å². The second-order valence-corrected chi connectivity index (χ2v) is 7.67. The molecular weight excluding hydrogens is 446 g/mol. The molecule has 2 N–H and O–H groups in total. The summed E-state index contributed by atoms with van der Waals surface area (Å²) in [6.07, 6.45) is 1.41. The molecule has 0 bridgehead atoms.